The second-order valence-corrected chi connectivity index (χ2v) is 8.90. The lowest BCUT2D eigenvalue weighted by Crippen LogP contribution is -2.41. The number of anilines is 1. The van der Waals surface area contributed by atoms with E-state index in [0.717, 1.165) is 14.9 Å². The minimum absolute atomic E-state index is 0.00854. The maximum Gasteiger partial charge on any atom is 0.263 e. The predicted molar refractivity (Wildman–Crippen MR) is 117 cm³/mol. The van der Waals surface area contributed by atoms with Gasteiger partial charge >= 0.3 is 0 Å². The quantitative estimate of drug-likeness (QED) is 0.603. The molecule has 0 unspecified atom stereocenters. The van der Waals surface area contributed by atoms with E-state index in [2.05, 4.69) is 26.3 Å². The molecule has 6 nitrogen and oxygen atoms in total. The number of hydrogen-bond donors (Lipinski definition) is 1. The van der Waals surface area contributed by atoms with Crippen LogP contribution in [0, 0.1) is 5.92 Å². The number of amides is 2. The fraction of sp³-hybridized carbons (Fsp3) is 0.286. The molecule has 1 aliphatic heterocycles. The second kappa shape index (κ2) is 8.92. The Hall–Kier alpha value is -2.45. The lowest BCUT2D eigenvalue weighted by Gasteiger charge is -2.31. The average molecular weight is 473 g/mol. The first kappa shape index (κ1) is 19.8. The Labute approximate surface area is 181 Å². The van der Waals surface area contributed by atoms with Gasteiger partial charge in [0.1, 0.15) is 5.82 Å². The molecule has 0 spiro atoms. The lowest BCUT2D eigenvalue weighted by atomic mass is 9.96. The van der Waals surface area contributed by atoms with Crippen molar-refractivity contribution in [1.29, 1.82) is 0 Å². The third-order valence-electron chi connectivity index (χ3n) is 5.10. The molecule has 1 fully saturated rings. The Bertz CT molecular complexity index is 977. The van der Waals surface area contributed by atoms with Gasteiger partial charge < -0.3 is 10.2 Å². The summed E-state index contributed by atoms with van der Waals surface area (Å²) in [6.45, 7) is 1.80. The molecule has 1 aromatic carbocycles. The summed E-state index contributed by atoms with van der Waals surface area (Å²) in [5, 5.41) is 9.26. The van der Waals surface area contributed by atoms with Gasteiger partial charge in [-0.2, -0.15) is 5.10 Å². The fourth-order valence-corrected chi connectivity index (χ4v) is 4.41. The van der Waals surface area contributed by atoms with E-state index in [4.69, 9.17) is 0 Å². The van der Waals surface area contributed by atoms with Crippen LogP contribution in [0.1, 0.15) is 28.1 Å². The highest BCUT2D eigenvalue weighted by Gasteiger charge is 2.28. The van der Waals surface area contributed by atoms with E-state index in [-0.39, 0.29) is 17.7 Å². The maximum absolute atomic E-state index is 12.8. The van der Waals surface area contributed by atoms with Crippen molar-refractivity contribution in [3.05, 3.63) is 69.0 Å². The highest BCUT2D eigenvalue weighted by molar-refractivity contribution is 9.10. The summed E-state index contributed by atoms with van der Waals surface area (Å²) in [5.74, 6) is 0.644. The van der Waals surface area contributed by atoms with Gasteiger partial charge in [-0.1, -0.05) is 34.1 Å². The third kappa shape index (κ3) is 4.76. The third-order valence-corrected chi connectivity index (χ3v) is 6.48. The van der Waals surface area contributed by atoms with E-state index in [1.807, 2.05) is 52.7 Å². The number of carbonyl (C=O) groups excluding carboxylic acids is 2. The topological polar surface area (TPSA) is 67.2 Å². The monoisotopic (exact) mass is 472 g/mol. The van der Waals surface area contributed by atoms with Crippen LogP contribution in [-0.2, 0) is 11.3 Å². The van der Waals surface area contributed by atoms with Crippen LogP contribution in [0.3, 0.4) is 0 Å². The molecule has 2 aromatic heterocycles. The molecule has 150 valence electrons. The van der Waals surface area contributed by atoms with Gasteiger partial charge in [-0.05, 0) is 42.0 Å². The predicted octanol–water partition coefficient (Wildman–Crippen LogP) is 4.25. The molecule has 0 atom stereocenters. The zero-order valence-electron chi connectivity index (χ0n) is 15.8. The minimum atomic E-state index is -0.0987. The second-order valence-electron chi connectivity index (χ2n) is 7.03. The number of rotatable bonds is 5. The fourth-order valence-electron chi connectivity index (χ4n) is 3.46. The number of halogens is 1. The molecule has 3 aromatic rings. The molecule has 8 heteroatoms. The zero-order valence-corrected chi connectivity index (χ0v) is 18.2. The van der Waals surface area contributed by atoms with E-state index >= 15 is 0 Å². The summed E-state index contributed by atoms with van der Waals surface area (Å²) in [6.07, 6.45) is 3.03. The standard InChI is InChI=1S/C21H21BrN4O2S/c22-17-5-3-15(4-6-17)14-26-19(7-10-23-26)24-20(27)16-8-11-25(12-9-16)21(28)18-2-1-13-29-18/h1-7,10,13,16H,8-9,11-12,14H2,(H,24,27). The first-order valence-electron chi connectivity index (χ1n) is 9.50. The molecule has 0 bridgehead atoms. The molecule has 0 aliphatic carbocycles. The van der Waals surface area contributed by atoms with E-state index in [0.29, 0.717) is 38.3 Å². The van der Waals surface area contributed by atoms with Crippen LogP contribution >= 0.6 is 27.3 Å². The molecule has 1 aliphatic rings. The van der Waals surface area contributed by atoms with E-state index in [1.54, 1.807) is 10.9 Å². The largest absolute Gasteiger partial charge is 0.338 e. The van der Waals surface area contributed by atoms with Crippen molar-refractivity contribution in [2.75, 3.05) is 18.4 Å². The van der Waals surface area contributed by atoms with Crippen molar-refractivity contribution in [2.45, 2.75) is 19.4 Å². The van der Waals surface area contributed by atoms with Gasteiger partial charge in [0.2, 0.25) is 5.91 Å². The summed E-state index contributed by atoms with van der Waals surface area (Å²) in [5.41, 5.74) is 1.10. The molecule has 1 saturated heterocycles. The van der Waals surface area contributed by atoms with Gasteiger partial charge in [-0.25, -0.2) is 4.68 Å². The minimum Gasteiger partial charge on any atom is -0.338 e. The smallest absolute Gasteiger partial charge is 0.263 e. The molecule has 0 radical (unpaired) electrons. The molecule has 2 amide bonds. The van der Waals surface area contributed by atoms with E-state index in [1.165, 1.54) is 11.3 Å². The lowest BCUT2D eigenvalue weighted by molar-refractivity contribution is -0.121. The molecular weight excluding hydrogens is 452 g/mol. The van der Waals surface area contributed by atoms with Crippen LogP contribution in [0.25, 0.3) is 0 Å². The maximum atomic E-state index is 12.8. The highest BCUT2D eigenvalue weighted by Crippen LogP contribution is 2.22. The number of benzene rings is 1. The zero-order chi connectivity index (χ0) is 20.2. The Balaban J connectivity index is 1.33. The van der Waals surface area contributed by atoms with Crippen LogP contribution in [0.15, 0.2) is 58.5 Å². The Morgan fingerprint density at radius 2 is 1.90 bits per heavy atom. The normalized spacial score (nSPS) is 14.7. The molecule has 4 rings (SSSR count). The molecule has 0 saturated carbocycles. The first-order chi connectivity index (χ1) is 14.1. The van der Waals surface area contributed by atoms with Gasteiger partial charge in [0, 0.05) is 29.5 Å². The highest BCUT2D eigenvalue weighted by atomic mass is 79.9. The van der Waals surface area contributed by atoms with Crippen LogP contribution < -0.4 is 5.32 Å². The number of likely N-dealkylation sites (tertiary alicyclic amines) is 1. The van der Waals surface area contributed by atoms with Gasteiger partial charge in [-0.3, -0.25) is 9.59 Å². The number of piperidine rings is 1. The van der Waals surface area contributed by atoms with Gasteiger partial charge in [0.15, 0.2) is 0 Å². The average Bonchev–Trinajstić information content (AvgIpc) is 3.42. The molecular formula is C21H21BrN4O2S. The Morgan fingerprint density at radius 3 is 2.59 bits per heavy atom. The van der Waals surface area contributed by atoms with Crippen molar-refractivity contribution in [2.24, 2.45) is 5.92 Å². The van der Waals surface area contributed by atoms with Crippen LogP contribution in [0.5, 0.6) is 0 Å². The number of nitrogens with zero attached hydrogens (tertiary/aromatic N) is 3. The number of carbonyl (C=O) groups is 2. The van der Waals surface area contributed by atoms with Gasteiger partial charge in [-0.15, -0.1) is 11.3 Å². The summed E-state index contributed by atoms with van der Waals surface area (Å²) in [6, 6.07) is 13.6. The van der Waals surface area contributed by atoms with E-state index < -0.39 is 0 Å². The number of thiophene rings is 1. The van der Waals surface area contributed by atoms with Crippen LogP contribution in [0.2, 0.25) is 0 Å². The van der Waals surface area contributed by atoms with Crippen molar-refractivity contribution >= 4 is 44.9 Å². The Kier molecular flexibility index (Phi) is 6.10. The summed E-state index contributed by atoms with van der Waals surface area (Å²) in [4.78, 5) is 27.8. The van der Waals surface area contributed by atoms with Crippen molar-refractivity contribution in [3.63, 3.8) is 0 Å². The number of hydrogen-bond acceptors (Lipinski definition) is 4. The van der Waals surface area contributed by atoms with Crippen molar-refractivity contribution in [3.8, 4) is 0 Å². The van der Waals surface area contributed by atoms with Gasteiger partial charge in [0.05, 0.1) is 17.6 Å². The summed E-state index contributed by atoms with van der Waals surface area (Å²) >= 11 is 4.89. The van der Waals surface area contributed by atoms with Crippen LogP contribution in [-0.4, -0.2) is 39.6 Å². The Morgan fingerprint density at radius 1 is 1.14 bits per heavy atom. The molecule has 3 heterocycles. The molecule has 1 N–H and O–H groups in total. The van der Waals surface area contributed by atoms with Crippen LogP contribution in [0.4, 0.5) is 5.82 Å². The SMILES string of the molecule is O=C(Nc1ccnn1Cc1ccc(Br)cc1)C1CCN(C(=O)c2cccs2)CC1. The van der Waals surface area contributed by atoms with E-state index in [9.17, 15) is 9.59 Å². The summed E-state index contributed by atoms with van der Waals surface area (Å²) in [7, 11) is 0. The van der Waals surface area contributed by atoms with Crippen molar-refractivity contribution < 1.29 is 9.59 Å². The van der Waals surface area contributed by atoms with Gasteiger partial charge in [0.25, 0.3) is 5.91 Å². The van der Waals surface area contributed by atoms with Crippen molar-refractivity contribution in [1.82, 2.24) is 14.7 Å². The first-order valence-corrected chi connectivity index (χ1v) is 11.2. The number of aromatic nitrogens is 2. The molecule has 29 heavy (non-hydrogen) atoms. The summed E-state index contributed by atoms with van der Waals surface area (Å²) < 4.78 is 2.82. The number of nitrogens with one attached hydrogen (secondary N) is 1.